The van der Waals surface area contributed by atoms with E-state index in [4.69, 9.17) is 0 Å². The van der Waals surface area contributed by atoms with Crippen LogP contribution in [0.5, 0.6) is 0 Å². The van der Waals surface area contributed by atoms with Crippen molar-refractivity contribution in [2.45, 2.75) is 32.2 Å². The van der Waals surface area contributed by atoms with Gasteiger partial charge in [-0.1, -0.05) is 36.4 Å². The summed E-state index contributed by atoms with van der Waals surface area (Å²) in [4.78, 5) is 8.82. The topological polar surface area (TPSA) is 72.3 Å². The number of aryl methyl sites for hydroxylation is 2. The molecule has 4 rings (SSSR count). The lowest BCUT2D eigenvalue weighted by Crippen LogP contribution is -2.12. The number of H-pyrrole nitrogens is 1. The second-order valence-corrected chi connectivity index (χ2v) is 7.60. The van der Waals surface area contributed by atoms with Crippen molar-refractivity contribution in [3.05, 3.63) is 82.6 Å². The van der Waals surface area contributed by atoms with Crippen LogP contribution in [0.4, 0.5) is 0 Å². The molecule has 1 N–H and O–H groups in total. The molecule has 0 aliphatic rings. The van der Waals surface area contributed by atoms with Gasteiger partial charge in [-0.2, -0.15) is 0 Å². The average molecular weight is 391 g/mol. The number of hydrogen-bond donors (Lipinski definition) is 1. The lowest BCUT2D eigenvalue weighted by Gasteiger charge is -2.13. The van der Waals surface area contributed by atoms with Crippen molar-refractivity contribution in [1.29, 1.82) is 0 Å². The number of imidazole rings is 1. The molecule has 0 saturated heterocycles. The van der Waals surface area contributed by atoms with Crippen molar-refractivity contribution >= 4 is 22.4 Å². The number of nitrogens with zero attached hydrogens (tertiary/aromatic N) is 5. The van der Waals surface area contributed by atoms with Gasteiger partial charge in [0.1, 0.15) is 0 Å². The van der Waals surface area contributed by atoms with Crippen LogP contribution in [0.15, 0.2) is 66.3 Å². The largest absolute Gasteiger partial charge is 0.345 e. The number of benzene rings is 1. The van der Waals surface area contributed by atoms with E-state index in [2.05, 4.69) is 67.3 Å². The van der Waals surface area contributed by atoms with E-state index in [1.165, 1.54) is 10.4 Å². The molecule has 142 valence electrons. The minimum atomic E-state index is 0.0925. The molecule has 3 aromatic heterocycles. The van der Waals surface area contributed by atoms with Crippen LogP contribution in [-0.2, 0) is 19.4 Å². The molecule has 6 nitrogen and oxygen atoms in total. The zero-order chi connectivity index (χ0) is 19.2. The number of nitrogens with one attached hydrogen (secondary N) is 1. The number of hydrogen-bond acceptors (Lipinski definition) is 5. The van der Waals surface area contributed by atoms with E-state index >= 15 is 0 Å². The Morgan fingerprint density at radius 2 is 2.21 bits per heavy atom. The molecular weight excluding hydrogens is 368 g/mol. The fraction of sp³-hybridized carbons (Fsp3) is 0.238. The van der Waals surface area contributed by atoms with Gasteiger partial charge in [0.2, 0.25) is 0 Å². The van der Waals surface area contributed by atoms with Gasteiger partial charge in [-0.25, -0.2) is 9.67 Å². The summed E-state index contributed by atoms with van der Waals surface area (Å²) in [6.45, 7) is 2.78. The third-order valence-corrected chi connectivity index (χ3v) is 5.56. The molecule has 0 radical (unpaired) electrons. The molecule has 3 heterocycles. The highest BCUT2D eigenvalue weighted by Crippen LogP contribution is 2.23. The number of aromatic amines is 1. The number of thiophene rings is 1. The Kier molecular flexibility index (Phi) is 5.72. The van der Waals surface area contributed by atoms with Gasteiger partial charge in [-0.3, -0.25) is 0 Å². The first-order chi connectivity index (χ1) is 13.8. The van der Waals surface area contributed by atoms with Crippen LogP contribution in [-0.4, -0.2) is 30.2 Å². The molecule has 0 saturated carbocycles. The van der Waals surface area contributed by atoms with Crippen molar-refractivity contribution in [2.75, 3.05) is 0 Å². The maximum atomic E-state index is 4.35. The number of fused-ring (bicyclic) bond motifs is 1. The number of allylic oxidation sites excluding steroid dienone is 4. The highest BCUT2D eigenvalue weighted by molar-refractivity contribution is 7.09. The molecular formula is C21H22N6S. The van der Waals surface area contributed by atoms with Gasteiger partial charge in [0.25, 0.3) is 0 Å². The summed E-state index contributed by atoms with van der Waals surface area (Å²) in [6.07, 6.45) is 11.8. The predicted octanol–water partition coefficient (Wildman–Crippen LogP) is 4.31. The van der Waals surface area contributed by atoms with Crippen molar-refractivity contribution < 1.29 is 0 Å². The summed E-state index contributed by atoms with van der Waals surface area (Å²) in [5, 5.41) is 14.6. The van der Waals surface area contributed by atoms with E-state index in [-0.39, 0.29) is 5.92 Å². The second-order valence-electron chi connectivity index (χ2n) is 6.56. The summed E-state index contributed by atoms with van der Waals surface area (Å²) >= 11 is 1.77. The van der Waals surface area contributed by atoms with Gasteiger partial charge in [-0.05, 0) is 52.9 Å². The minimum absolute atomic E-state index is 0.0925. The highest BCUT2D eigenvalue weighted by Gasteiger charge is 2.18. The third-order valence-electron chi connectivity index (χ3n) is 4.63. The summed E-state index contributed by atoms with van der Waals surface area (Å²) in [5.41, 5.74) is 3.25. The summed E-state index contributed by atoms with van der Waals surface area (Å²) in [7, 11) is 0. The van der Waals surface area contributed by atoms with Gasteiger partial charge in [0, 0.05) is 23.8 Å². The molecule has 4 aromatic rings. The molecule has 7 heteroatoms. The molecule has 0 aliphatic heterocycles. The summed E-state index contributed by atoms with van der Waals surface area (Å²) in [6, 6.07) is 10.6. The first kappa shape index (κ1) is 18.3. The SMILES string of the molecule is CC=CC=CC(Cc1ccc2nc[nH]c2c1)c1nnnn1CCc1cccs1. The van der Waals surface area contributed by atoms with E-state index in [1.54, 1.807) is 17.7 Å². The van der Waals surface area contributed by atoms with Crippen LogP contribution < -0.4 is 0 Å². The maximum Gasteiger partial charge on any atom is 0.158 e. The Balaban J connectivity index is 1.58. The van der Waals surface area contributed by atoms with Crippen LogP contribution in [0.3, 0.4) is 0 Å². The molecule has 28 heavy (non-hydrogen) atoms. The van der Waals surface area contributed by atoms with Crippen LogP contribution >= 0.6 is 11.3 Å². The molecule has 0 bridgehead atoms. The van der Waals surface area contributed by atoms with E-state index in [1.807, 2.05) is 29.8 Å². The van der Waals surface area contributed by atoms with E-state index < -0.39 is 0 Å². The number of tetrazole rings is 1. The first-order valence-electron chi connectivity index (χ1n) is 9.33. The maximum absolute atomic E-state index is 4.35. The first-order valence-corrected chi connectivity index (χ1v) is 10.2. The number of aromatic nitrogens is 6. The monoisotopic (exact) mass is 390 g/mol. The Morgan fingerprint density at radius 3 is 3.07 bits per heavy atom. The minimum Gasteiger partial charge on any atom is -0.345 e. The van der Waals surface area contributed by atoms with E-state index in [0.717, 1.165) is 36.2 Å². The molecule has 1 atom stereocenters. The fourth-order valence-corrected chi connectivity index (χ4v) is 3.92. The second kappa shape index (κ2) is 8.75. The molecule has 1 unspecified atom stereocenters. The lowest BCUT2D eigenvalue weighted by molar-refractivity contribution is 0.551. The lowest BCUT2D eigenvalue weighted by atomic mass is 9.97. The molecule has 0 aliphatic carbocycles. The smallest absolute Gasteiger partial charge is 0.158 e. The molecule has 0 amide bonds. The Hall–Kier alpha value is -3.06. The van der Waals surface area contributed by atoms with Gasteiger partial charge in [-0.15, -0.1) is 16.4 Å². The van der Waals surface area contributed by atoms with Gasteiger partial charge < -0.3 is 4.98 Å². The molecule has 0 fully saturated rings. The average Bonchev–Trinajstić information content (AvgIpc) is 3.46. The van der Waals surface area contributed by atoms with Crippen molar-refractivity contribution in [3.63, 3.8) is 0 Å². The standard InChI is InChI=1S/C21H22N6S/c1-2-3-4-6-17(13-16-8-9-19-20(14-16)23-15-22-19)21-24-25-26-27(21)11-10-18-7-5-12-28-18/h2-9,12,14-15,17H,10-11,13H2,1H3,(H,22,23). The highest BCUT2D eigenvalue weighted by atomic mass is 32.1. The van der Waals surface area contributed by atoms with Crippen LogP contribution in [0.2, 0.25) is 0 Å². The van der Waals surface area contributed by atoms with Crippen LogP contribution in [0.25, 0.3) is 11.0 Å². The Bertz CT molecular complexity index is 1070. The van der Waals surface area contributed by atoms with E-state index in [0.29, 0.717) is 0 Å². The van der Waals surface area contributed by atoms with E-state index in [9.17, 15) is 0 Å². The van der Waals surface area contributed by atoms with Crippen molar-refractivity contribution in [1.82, 2.24) is 30.2 Å². The summed E-state index contributed by atoms with van der Waals surface area (Å²) < 4.78 is 1.93. The predicted molar refractivity (Wildman–Crippen MR) is 112 cm³/mol. The summed E-state index contributed by atoms with van der Waals surface area (Å²) in [5.74, 6) is 0.983. The Labute approximate surface area is 167 Å². The van der Waals surface area contributed by atoms with Gasteiger partial charge in [0.15, 0.2) is 5.82 Å². The fourth-order valence-electron chi connectivity index (χ4n) is 3.23. The van der Waals surface area contributed by atoms with Gasteiger partial charge in [0.05, 0.1) is 17.4 Å². The van der Waals surface area contributed by atoms with Crippen LogP contribution in [0, 0.1) is 0 Å². The number of rotatable bonds is 8. The molecule has 1 aromatic carbocycles. The van der Waals surface area contributed by atoms with Crippen LogP contribution in [0.1, 0.15) is 29.1 Å². The zero-order valence-corrected chi connectivity index (χ0v) is 16.5. The normalized spacial score (nSPS) is 13.2. The Morgan fingerprint density at radius 1 is 1.25 bits per heavy atom. The quantitative estimate of drug-likeness (QED) is 0.455. The zero-order valence-electron chi connectivity index (χ0n) is 15.7. The third kappa shape index (κ3) is 4.26. The van der Waals surface area contributed by atoms with Gasteiger partial charge >= 0.3 is 0 Å². The molecule has 0 spiro atoms. The van der Waals surface area contributed by atoms with Crippen molar-refractivity contribution in [3.8, 4) is 0 Å². The van der Waals surface area contributed by atoms with Crippen molar-refractivity contribution in [2.24, 2.45) is 0 Å².